The first-order valence-corrected chi connectivity index (χ1v) is 14.7. The highest BCUT2D eigenvalue weighted by Crippen LogP contribution is 2.22. The molecule has 1 atom stereocenters. The summed E-state index contributed by atoms with van der Waals surface area (Å²) in [6, 6.07) is 23.4. The molecule has 1 aromatic heterocycles. The van der Waals surface area contributed by atoms with E-state index in [1.807, 2.05) is 40.7 Å². The van der Waals surface area contributed by atoms with E-state index in [4.69, 9.17) is 4.79 Å². The number of nitrogens with zero attached hydrogens (tertiary/aromatic N) is 2. The van der Waals surface area contributed by atoms with Crippen molar-refractivity contribution < 1.29 is 24.9 Å². The van der Waals surface area contributed by atoms with Crippen molar-refractivity contribution in [2.24, 2.45) is 0 Å². The van der Waals surface area contributed by atoms with Gasteiger partial charge in [-0.05, 0) is 87.3 Å². The molecule has 242 valence electrons. The SMILES string of the molecule is C=O.CCC=O.CNc1nc(C)cc(C)n1.Cc1ccc(Nc2ccc(CCNCC(O)c3ccc(O)c(CO)c3)cc2)cc1. The largest absolute Gasteiger partial charge is 0.508 e. The molecule has 1 unspecified atom stereocenters. The summed E-state index contributed by atoms with van der Waals surface area (Å²) in [5.41, 5.74) is 7.66. The quantitative estimate of drug-likeness (QED) is 0.0958. The highest BCUT2D eigenvalue weighted by Gasteiger charge is 2.10. The standard InChI is InChI=1S/C24H28N2O3.C7H11N3.C3H6O.CH2O/c1-17-2-7-21(8-3-17)26-22-9-4-18(5-10-22)12-13-25-15-24(29)19-6-11-23(28)20(14-19)16-27;1-5-4-6(2)10-7(8-3)9-5;1-2-3-4;1-2/h2-11,14,24-29H,12-13,15-16H2,1H3;4H,1-3H3,(H,8,9,10);3H,2H2,1H3;1H2. The van der Waals surface area contributed by atoms with Gasteiger partial charge < -0.3 is 40.9 Å². The number of carbonyl (C=O) groups excluding carboxylic acids is 2. The minimum atomic E-state index is -0.693. The van der Waals surface area contributed by atoms with Crippen molar-refractivity contribution in [3.63, 3.8) is 0 Å². The van der Waals surface area contributed by atoms with E-state index in [9.17, 15) is 20.1 Å². The van der Waals surface area contributed by atoms with Crippen molar-refractivity contribution in [2.45, 2.75) is 53.2 Å². The fourth-order valence-corrected chi connectivity index (χ4v) is 3.92. The van der Waals surface area contributed by atoms with Crippen LogP contribution in [-0.2, 0) is 22.6 Å². The minimum absolute atomic E-state index is 0.0386. The summed E-state index contributed by atoms with van der Waals surface area (Å²) in [7, 11) is 1.81. The molecule has 0 radical (unpaired) electrons. The number of benzene rings is 3. The summed E-state index contributed by atoms with van der Waals surface area (Å²) < 4.78 is 0. The third kappa shape index (κ3) is 15.1. The number of phenols is 1. The molecule has 0 spiro atoms. The summed E-state index contributed by atoms with van der Waals surface area (Å²) in [5.74, 6) is 0.731. The summed E-state index contributed by atoms with van der Waals surface area (Å²) in [6.45, 7) is 10.7. The van der Waals surface area contributed by atoms with Crippen LogP contribution in [0.3, 0.4) is 0 Å². The normalized spacial score (nSPS) is 10.5. The van der Waals surface area contributed by atoms with Gasteiger partial charge in [0.25, 0.3) is 0 Å². The zero-order valence-electron chi connectivity index (χ0n) is 26.9. The van der Waals surface area contributed by atoms with Crippen LogP contribution in [0.2, 0.25) is 0 Å². The number of anilines is 3. The highest BCUT2D eigenvalue weighted by molar-refractivity contribution is 5.60. The summed E-state index contributed by atoms with van der Waals surface area (Å²) in [4.78, 5) is 25.4. The number of aldehydes is 1. The minimum Gasteiger partial charge on any atom is -0.508 e. The fraction of sp³-hybridized carbons (Fsp3) is 0.314. The van der Waals surface area contributed by atoms with E-state index in [-0.39, 0.29) is 12.4 Å². The van der Waals surface area contributed by atoms with Crippen LogP contribution in [0.25, 0.3) is 0 Å². The van der Waals surface area contributed by atoms with Crippen LogP contribution in [0.15, 0.2) is 72.8 Å². The highest BCUT2D eigenvalue weighted by atomic mass is 16.3. The Morgan fingerprint density at radius 1 is 0.889 bits per heavy atom. The van der Waals surface area contributed by atoms with E-state index >= 15 is 0 Å². The second kappa shape index (κ2) is 22.0. The first-order chi connectivity index (χ1) is 21.7. The summed E-state index contributed by atoms with van der Waals surface area (Å²) >= 11 is 0. The number of aromatic nitrogens is 2. The molecule has 4 rings (SSSR count). The molecule has 0 saturated carbocycles. The Morgan fingerprint density at radius 3 is 1.96 bits per heavy atom. The Morgan fingerprint density at radius 2 is 1.44 bits per heavy atom. The molecule has 6 N–H and O–H groups in total. The van der Waals surface area contributed by atoms with E-state index in [2.05, 4.69) is 81.4 Å². The maximum Gasteiger partial charge on any atom is 0.222 e. The van der Waals surface area contributed by atoms with E-state index in [1.54, 1.807) is 12.1 Å². The number of aromatic hydroxyl groups is 1. The smallest absolute Gasteiger partial charge is 0.222 e. The van der Waals surface area contributed by atoms with Gasteiger partial charge in [0.2, 0.25) is 5.95 Å². The van der Waals surface area contributed by atoms with Gasteiger partial charge in [0.05, 0.1) is 12.7 Å². The Balaban J connectivity index is 0.000000522. The maximum atomic E-state index is 10.3. The van der Waals surface area contributed by atoms with Crippen molar-refractivity contribution in [3.8, 4) is 5.75 Å². The van der Waals surface area contributed by atoms with Crippen LogP contribution in [0.4, 0.5) is 17.3 Å². The molecule has 3 aromatic carbocycles. The maximum absolute atomic E-state index is 10.3. The Labute approximate surface area is 266 Å². The lowest BCUT2D eigenvalue weighted by atomic mass is 10.1. The van der Waals surface area contributed by atoms with Gasteiger partial charge in [0.1, 0.15) is 18.8 Å². The number of hydrogen-bond acceptors (Lipinski definition) is 10. The monoisotopic (exact) mass is 617 g/mol. The van der Waals surface area contributed by atoms with E-state index < -0.39 is 6.10 Å². The van der Waals surface area contributed by atoms with Gasteiger partial charge in [-0.3, -0.25) is 0 Å². The van der Waals surface area contributed by atoms with Gasteiger partial charge in [-0.25, -0.2) is 9.97 Å². The van der Waals surface area contributed by atoms with E-state index in [0.717, 1.165) is 42.0 Å². The molecular weight excluding hydrogens is 570 g/mol. The molecule has 10 heteroatoms. The van der Waals surface area contributed by atoms with Gasteiger partial charge >= 0.3 is 0 Å². The molecule has 0 saturated heterocycles. The topological polar surface area (TPSA) is 157 Å². The molecule has 4 aromatic rings. The Hall–Kier alpha value is -4.64. The summed E-state index contributed by atoms with van der Waals surface area (Å²) in [5, 5.41) is 38.6. The number of nitrogens with one attached hydrogen (secondary N) is 3. The van der Waals surface area contributed by atoms with Crippen molar-refractivity contribution >= 4 is 30.4 Å². The zero-order valence-corrected chi connectivity index (χ0v) is 26.9. The van der Waals surface area contributed by atoms with E-state index in [0.29, 0.717) is 30.0 Å². The molecule has 0 amide bonds. The van der Waals surface area contributed by atoms with Crippen LogP contribution in [0.5, 0.6) is 5.75 Å². The Kier molecular flexibility index (Phi) is 18.7. The van der Waals surface area contributed by atoms with Gasteiger partial charge in [0, 0.05) is 48.3 Å². The third-order valence-corrected chi connectivity index (χ3v) is 6.25. The summed E-state index contributed by atoms with van der Waals surface area (Å²) in [6.07, 6.45) is 1.68. The van der Waals surface area contributed by atoms with Crippen LogP contribution in [0.1, 0.15) is 53.1 Å². The lowest BCUT2D eigenvalue weighted by Crippen LogP contribution is -2.23. The van der Waals surface area contributed by atoms with Crippen molar-refractivity contribution in [3.05, 3.63) is 106 Å². The second-order valence-electron chi connectivity index (χ2n) is 10.0. The molecule has 1 heterocycles. The van der Waals surface area contributed by atoms with Crippen LogP contribution >= 0.6 is 0 Å². The average Bonchev–Trinajstić information content (AvgIpc) is 3.06. The predicted molar refractivity (Wildman–Crippen MR) is 181 cm³/mol. The number of aliphatic hydroxyl groups is 2. The molecule has 45 heavy (non-hydrogen) atoms. The predicted octanol–water partition coefficient (Wildman–Crippen LogP) is 5.35. The lowest BCUT2D eigenvalue weighted by molar-refractivity contribution is -0.107. The molecular formula is C35H47N5O5. The van der Waals surface area contributed by atoms with E-state index in [1.165, 1.54) is 17.2 Å². The van der Waals surface area contributed by atoms with Crippen molar-refractivity contribution in [2.75, 3.05) is 30.8 Å². The Bertz CT molecular complexity index is 1380. The molecule has 0 aliphatic heterocycles. The number of aliphatic hydroxyl groups excluding tert-OH is 2. The lowest BCUT2D eigenvalue weighted by Gasteiger charge is -2.14. The van der Waals surface area contributed by atoms with Crippen LogP contribution < -0.4 is 16.0 Å². The van der Waals surface area contributed by atoms with Gasteiger partial charge in [0.15, 0.2) is 0 Å². The van der Waals surface area contributed by atoms with Crippen LogP contribution in [0, 0.1) is 20.8 Å². The fourth-order valence-electron chi connectivity index (χ4n) is 3.92. The molecule has 0 aliphatic carbocycles. The number of hydrogen-bond donors (Lipinski definition) is 6. The van der Waals surface area contributed by atoms with Crippen molar-refractivity contribution in [1.82, 2.24) is 15.3 Å². The first-order valence-electron chi connectivity index (χ1n) is 14.7. The van der Waals surface area contributed by atoms with Gasteiger partial charge in [-0.1, -0.05) is 42.8 Å². The molecule has 0 bridgehead atoms. The molecule has 0 aliphatic rings. The molecule has 0 fully saturated rings. The zero-order chi connectivity index (χ0) is 33.6. The van der Waals surface area contributed by atoms with Crippen molar-refractivity contribution in [1.29, 1.82) is 0 Å². The van der Waals surface area contributed by atoms with Gasteiger partial charge in [-0.15, -0.1) is 0 Å². The van der Waals surface area contributed by atoms with Gasteiger partial charge in [-0.2, -0.15) is 0 Å². The average molecular weight is 618 g/mol. The second-order valence-corrected chi connectivity index (χ2v) is 10.0. The number of aryl methyl sites for hydroxylation is 3. The number of rotatable bonds is 11. The molecule has 10 nitrogen and oxygen atoms in total. The number of carbonyl (C=O) groups is 2. The van der Waals surface area contributed by atoms with Crippen LogP contribution in [-0.4, -0.2) is 58.5 Å². The first kappa shape index (κ1) is 38.4. The third-order valence-electron chi connectivity index (χ3n) is 6.25.